The number of hydrogen-bond donors (Lipinski definition) is 0. The topological polar surface area (TPSA) is 51.6 Å². The lowest BCUT2D eigenvalue weighted by Gasteiger charge is -2.33. The third kappa shape index (κ3) is 5.63. The standard InChI is InChI=1S/C51H34N4/c1-3-13-42(14-4-1)51(43-15-5-2-6-16-43)46-18-8-7-17-44(46)45-31-39(27-28-47(45)51)50-54-48(37-23-19-35(20-24-37)40-11-9-29-52-33-40)32-49(55-50)38-25-21-36(22-26-38)41-12-10-30-53-34-41/h1-34H. The minimum Gasteiger partial charge on any atom is -0.264 e. The average molecular weight is 703 g/mol. The van der Waals surface area contributed by atoms with Crippen LogP contribution >= 0.6 is 0 Å². The van der Waals surface area contributed by atoms with Crippen LogP contribution in [0.5, 0.6) is 0 Å². The van der Waals surface area contributed by atoms with Crippen molar-refractivity contribution in [1.82, 2.24) is 19.9 Å². The summed E-state index contributed by atoms with van der Waals surface area (Å²) < 4.78 is 0. The molecule has 6 aromatic carbocycles. The van der Waals surface area contributed by atoms with E-state index in [2.05, 4.69) is 180 Å². The smallest absolute Gasteiger partial charge is 0.160 e. The monoisotopic (exact) mass is 702 g/mol. The fourth-order valence-corrected chi connectivity index (χ4v) is 8.19. The summed E-state index contributed by atoms with van der Waals surface area (Å²) in [5, 5.41) is 0. The molecule has 55 heavy (non-hydrogen) atoms. The van der Waals surface area contributed by atoms with Crippen molar-refractivity contribution in [2.45, 2.75) is 5.41 Å². The Kier molecular flexibility index (Phi) is 8.00. The van der Waals surface area contributed by atoms with Crippen molar-refractivity contribution in [3.63, 3.8) is 0 Å². The Bertz CT molecular complexity index is 2630. The Balaban J connectivity index is 1.14. The van der Waals surface area contributed by atoms with Crippen LogP contribution in [0.1, 0.15) is 22.3 Å². The van der Waals surface area contributed by atoms with Gasteiger partial charge in [0.2, 0.25) is 0 Å². The first-order valence-electron chi connectivity index (χ1n) is 18.5. The van der Waals surface area contributed by atoms with Gasteiger partial charge in [0, 0.05) is 41.5 Å². The summed E-state index contributed by atoms with van der Waals surface area (Å²) in [6.45, 7) is 0. The lowest BCUT2D eigenvalue weighted by atomic mass is 9.67. The second-order valence-electron chi connectivity index (χ2n) is 13.9. The molecule has 0 saturated heterocycles. The molecule has 1 aliphatic carbocycles. The number of nitrogens with zero attached hydrogens (tertiary/aromatic N) is 4. The molecular formula is C51H34N4. The predicted molar refractivity (Wildman–Crippen MR) is 222 cm³/mol. The van der Waals surface area contributed by atoms with E-state index in [1.165, 1.54) is 33.4 Å². The Labute approximate surface area is 320 Å². The maximum Gasteiger partial charge on any atom is 0.160 e. The van der Waals surface area contributed by atoms with Gasteiger partial charge in [-0.2, -0.15) is 0 Å². The minimum atomic E-state index is -0.465. The highest BCUT2D eigenvalue weighted by Crippen LogP contribution is 2.56. The van der Waals surface area contributed by atoms with E-state index < -0.39 is 5.41 Å². The maximum atomic E-state index is 5.27. The molecular weight excluding hydrogens is 669 g/mol. The first-order chi connectivity index (χ1) is 27.3. The van der Waals surface area contributed by atoms with Crippen LogP contribution in [0.4, 0.5) is 0 Å². The van der Waals surface area contributed by atoms with E-state index in [0.29, 0.717) is 5.82 Å². The van der Waals surface area contributed by atoms with Gasteiger partial charge in [0.15, 0.2) is 5.82 Å². The van der Waals surface area contributed by atoms with E-state index in [9.17, 15) is 0 Å². The van der Waals surface area contributed by atoms with Crippen molar-refractivity contribution in [1.29, 1.82) is 0 Å². The Morgan fingerprint density at radius 1 is 0.327 bits per heavy atom. The normalized spacial score (nSPS) is 12.5. The zero-order chi connectivity index (χ0) is 36.6. The van der Waals surface area contributed by atoms with Gasteiger partial charge in [-0.15, -0.1) is 0 Å². The van der Waals surface area contributed by atoms with Crippen molar-refractivity contribution in [3.8, 4) is 67.3 Å². The molecule has 0 spiro atoms. The third-order valence-corrected chi connectivity index (χ3v) is 10.8. The van der Waals surface area contributed by atoms with Crippen molar-refractivity contribution < 1.29 is 0 Å². The van der Waals surface area contributed by atoms with E-state index in [1.807, 2.05) is 24.5 Å². The quantitative estimate of drug-likeness (QED) is 0.166. The number of benzene rings is 6. The summed E-state index contributed by atoms with van der Waals surface area (Å²) in [4.78, 5) is 19.2. The Morgan fingerprint density at radius 2 is 0.800 bits per heavy atom. The predicted octanol–water partition coefficient (Wildman–Crippen LogP) is 12.0. The summed E-state index contributed by atoms with van der Waals surface area (Å²) in [7, 11) is 0. The lowest BCUT2D eigenvalue weighted by Crippen LogP contribution is -2.28. The second-order valence-corrected chi connectivity index (χ2v) is 13.9. The lowest BCUT2D eigenvalue weighted by molar-refractivity contribution is 0.768. The molecule has 0 fully saturated rings. The number of fused-ring (bicyclic) bond motifs is 3. The number of aromatic nitrogens is 4. The van der Waals surface area contributed by atoms with Gasteiger partial charge >= 0.3 is 0 Å². The minimum absolute atomic E-state index is 0.465. The summed E-state index contributed by atoms with van der Waals surface area (Å²) in [6.07, 6.45) is 7.38. The molecule has 3 aromatic heterocycles. The van der Waals surface area contributed by atoms with Gasteiger partial charge in [0.05, 0.1) is 16.8 Å². The average Bonchev–Trinajstić information content (AvgIpc) is 3.58. The van der Waals surface area contributed by atoms with Crippen LogP contribution in [-0.4, -0.2) is 19.9 Å². The number of hydrogen-bond acceptors (Lipinski definition) is 4. The molecule has 10 rings (SSSR count). The SMILES string of the molecule is c1ccc(C2(c3ccccc3)c3ccccc3-c3cc(-c4nc(-c5ccc(-c6cccnc6)cc5)cc(-c5ccc(-c6cccnc6)cc5)n4)ccc32)cc1. The van der Waals surface area contributed by atoms with Gasteiger partial charge in [-0.05, 0) is 79.9 Å². The first kappa shape index (κ1) is 32.4. The Hall–Kier alpha value is -7.30. The van der Waals surface area contributed by atoms with Crippen molar-refractivity contribution in [2.24, 2.45) is 0 Å². The van der Waals surface area contributed by atoms with Gasteiger partial charge in [-0.3, -0.25) is 9.97 Å². The molecule has 0 atom stereocenters. The number of rotatable bonds is 7. The zero-order valence-electron chi connectivity index (χ0n) is 29.9. The van der Waals surface area contributed by atoms with Gasteiger partial charge < -0.3 is 0 Å². The molecule has 0 aliphatic heterocycles. The van der Waals surface area contributed by atoms with Gasteiger partial charge in [-0.25, -0.2) is 9.97 Å². The van der Waals surface area contributed by atoms with Crippen molar-refractivity contribution >= 4 is 0 Å². The molecule has 0 N–H and O–H groups in total. The Morgan fingerprint density at radius 3 is 1.33 bits per heavy atom. The fourth-order valence-electron chi connectivity index (χ4n) is 8.19. The molecule has 4 heteroatoms. The molecule has 3 heterocycles. The van der Waals surface area contributed by atoms with E-state index >= 15 is 0 Å². The van der Waals surface area contributed by atoms with Gasteiger partial charge in [0.1, 0.15) is 0 Å². The van der Waals surface area contributed by atoms with Crippen LogP contribution in [0.25, 0.3) is 67.3 Å². The van der Waals surface area contributed by atoms with Crippen LogP contribution in [-0.2, 0) is 5.41 Å². The number of pyridine rings is 2. The molecule has 0 radical (unpaired) electrons. The molecule has 4 nitrogen and oxygen atoms in total. The van der Waals surface area contributed by atoms with Gasteiger partial charge in [0.25, 0.3) is 0 Å². The van der Waals surface area contributed by atoms with Gasteiger partial charge in [-0.1, -0.05) is 158 Å². The van der Waals surface area contributed by atoms with E-state index in [-0.39, 0.29) is 0 Å². The second kappa shape index (κ2) is 13.6. The van der Waals surface area contributed by atoms with Crippen LogP contribution in [0.3, 0.4) is 0 Å². The summed E-state index contributed by atoms with van der Waals surface area (Å²) in [5.74, 6) is 0.678. The molecule has 1 aliphatic rings. The fraction of sp³-hybridized carbons (Fsp3) is 0.0196. The third-order valence-electron chi connectivity index (χ3n) is 10.8. The molecule has 0 amide bonds. The van der Waals surface area contributed by atoms with Crippen molar-refractivity contribution in [3.05, 3.63) is 229 Å². The van der Waals surface area contributed by atoms with E-state index in [4.69, 9.17) is 9.97 Å². The molecule has 0 unspecified atom stereocenters. The highest BCUT2D eigenvalue weighted by atomic mass is 14.9. The van der Waals surface area contributed by atoms with E-state index in [0.717, 1.165) is 50.3 Å². The van der Waals surface area contributed by atoms with Crippen LogP contribution in [0.2, 0.25) is 0 Å². The highest BCUT2D eigenvalue weighted by Gasteiger charge is 2.46. The van der Waals surface area contributed by atoms with Crippen LogP contribution < -0.4 is 0 Å². The molecule has 258 valence electrons. The first-order valence-corrected chi connectivity index (χ1v) is 18.5. The summed E-state index contributed by atoms with van der Waals surface area (Å²) in [5.41, 5.74) is 16.0. The van der Waals surface area contributed by atoms with Crippen LogP contribution in [0, 0.1) is 0 Å². The summed E-state index contributed by atoms with van der Waals surface area (Å²) in [6, 6.07) is 64.7. The highest BCUT2D eigenvalue weighted by molar-refractivity contribution is 5.88. The maximum absolute atomic E-state index is 5.27. The van der Waals surface area contributed by atoms with E-state index in [1.54, 1.807) is 12.4 Å². The summed E-state index contributed by atoms with van der Waals surface area (Å²) >= 11 is 0. The molecule has 0 bridgehead atoms. The van der Waals surface area contributed by atoms with Crippen molar-refractivity contribution in [2.75, 3.05) is 0 Å². The largest absolute Gasteiger partial charge is 0.264 e. The molecule has 9 aromatic rings. The van der Waals surface area contributed by atoms with Crippen LogP contribution in [0.15, 0.2) is 207 Å². The molecule has 0 saturated carbocycles. The zero-order valence-corrected chi connectivity index (χ0v) is 29.9.